The molecule has 0 aliphatic carbocycles. The van der Waals surface area contributed by atoms with E-state index in [0.29, 0.717) is 24.1 Å². The Morgan fingerprint density at radius 1 is 1.30 bits per heavy atom. The van der Waals surface area contributed by atoms with E-state index >= 15 is 0 Å². The van der Waals surface area contributed by atoms with Gasteiger partial charge in [0.2, 0.25) is 0 Å². The van der Waals surface area contributed by atoms with Gasteiger partial charge >= 0.3 is 0 Å². The Balaban J connectivity index is 2.46. The Morgan fingerprint density at radius 3 is 2.40 bits per heavy atom. The molecule has 2 N–H and O–H groups in total. The second-order valence-electron chi connectivity index (χ2n) is 5.42. The van der Waals surface area contributed by atoms with Crippen LogP contribution in [-0.2, 0) is 0 Å². The smallest absolute Gasteiger partial charge is 0.269 e. The zero-order valence-corrected chi connectivity index (χ0v) is 12.4. The van der Waals surface area contributed by atoms with Crippen molar-refractivity contribution >= 4 is 5.69 Å². The standard InChI is InChI=1S/C15H24N2O3/c1-4-11(2)9-12(3)16-10-15(18)13-5-7-14(8-6-13)17(19)20/h5-8,11-12,15-16,18H,4,9-10H2,1-3H3. The van der Waals surface area contributed by atoms with E-state index in [0.717, 1.165) is 12.8 Å². The molecule has 0 saturated carbocycles. The van der Waals surface area contributed by atoms with Crippen molar-refractivity contribution in [3.05, 3.63) is 39.9 Å². The number of nitrogens with one attached hydrogen (secondary N) is 1. The summed E-state index contributed by atoms with van der Waals surface area (Å²) in [4.78, 5) is 10.1. The van der Waals surface area contributed by atoms with E-state index in [1.165, 1.54) is 12.1 Å². The van der Waals surface area contributed by atoms with Crippen LogP contribution < -0.4 is 5.32 Å². The summed E-state index contributed by atoms with van der Waals surface area (Å²) in [5.41, 5.74) is 0.734. The second-order valence-corrected chi connectivity index (χ2v) is 5.42. The molecule has 1 aromatic carbocycles. The number of nitro benzene ring substituents is 1. The maximum atomic E-state index is 10.6. The van der Waals surface area contributed by atoms with Gasteiger partial charge in [-0.05, 0) is 37.0 Å². The highest BCUT2D eigenvalue weighted by Gasteiger charge is 2.12. The Bertz CT molecular complexity index is 420. The minimum absolute atomic E-state index is 0.0408. The van der Waals surface area contributed by atoms with Gasteiger partial charge in [-0.15, -0.1) is 0 Å². The van der Waals surface area contributed by atoms with Crippen LogP contribution in [0.15, 0.2) is 24.3 Å². The Morgan fingerprint density at radius 2 is 1.90 bits per heavy atom. The van der Waals surface area contributed by atoms with Crippen molar-refractivity contribution in [2.24, 2.45) is 5.92 Å². The fourth-order valence-corrected chi connectivity index (χ4v) is 2.10. The molecule has 0 spiro atoms. The molecule has 0 aromatic heterocycles. The summed E-state index contributed by atoms with van der Waals surface area (Å²) >= 11 is 0. The van der Waals surface area contributed by atoms with Gasteiger partial charge in [-0.3, -0.25) is 10.1 Å². The van der Waals surface area contributed by atoms with E-state index in [9.17, 15) is 15.2 Å². The van der Waals surface area contributed by atoms with Gasteiger partial charge in [-0.25, -0.2) is 0 Å². The molecule has 5 heteroatoms. The maximum Gasteiger partial charge on any atom is 0.269 e. The molecule has 1 rings (SSSR count). The van der Waals surface area contributed by atoms with Crippen molar-refractivity contribution in [3.63, 3.8) is 0 Å². The van der Waals surface area contributed by atoms with Gasteiger partial charge in [-0.1, -0.05) is 20.3 Å². The number of aliphatic hydroxyl groups is 1. The monoisotopic (exact) mass is 280 g/mol. The number of benzene rings is 1. The lowest BCUT2D eigenvalue weighted by Gasteiger charge is -2.20. The molecule has 0 radical (unpaired) electrons. The van der Waals surface area contributed by atoms with Gasteiger partial charge in [0, 0.05) is 24.7 Å². The molecule has 0 saturated heterocycles. The van der Waals surface area contributed by atoms with Crippen LogP contribution in [0.25, 0.3) is 0 Å². The molecular weight excluding hydrogens is 256 g/mol. The molecule has 0 aliphatic heterocycles. The largest absolute Gasteiger partial charge is 0.387 e. The fourth-order valence-electron chi connectivity index (χ4n) is 2.10. The van der Waals surface area contributed by atoms with E-state index in [1.807, 2.05) is 0 Å². The molecule has 0 amide bonds. The van der Waals surface area contributed by atoms with E-state index < -0.39 is 11.0 Å². The minimum Gasteiger partial charge on any atom is -0.387 e. The predicted octanol–water partition coefficient (Wildman–Crippen LogP) is 3.04. The van der Waals surface area contributed by atoms with E-state index in [1.54, 1.807) is 12.1 Å². The first-order valence-electron chi connectivity index (χ1n) is 7.09. The summed E-state index contributed by atoms with van der Waals surface area (Å²) in [5, 5.41) is 23.9. The van der Waals surface area contributed by atoms with Gasteiger partial charge < -0.3 is 10.4 Å². The molecule has 5 nitrogen and oxygen atoms in total. The molecule has 0 fully saturated rings. The summed E-state index contributed by atoms with van der Waals surface area (Å²) < 4.78 is 0. The third-order valence-corrected chi connectivity index (χ3v) is 3.60. The SMILES string of the molecule is CCC(C)CC(C)NCC(O)c1ccc([N+](=O)[O-])cc1. The van der Waals surface area contributed by atoms with Gasteiger partial charge in [0.05, 0.1) is 11.0 Å². The van der Waals surface area contributed by atoms with Crippen LogP contribution in [0.3, 0.4) is 0 Å². The number of non-ortho nitro benzene ring substituents is 1. The van der Waals surface area contributed by atoms with E-state index in [2.05, 4.69) is 26.1 Å². The van der Waals surface area contributed by atoms with E-state index in [4.69, 9.17) is 0 Å². The summed E-state index contributed by atoms with van der Waals surface area (Å²) in [7, 11) is 0. The molecule has 0 bridgehead atoms. The molecule has 0 aliphatic rings. The normalized spacial score (nSPS) is 15.6. The molecule has 112 valence electrons. The zero-order valence-electron chi connectivity index (χ0n) is 12.4. The van der Waals surface area contributed by atoms with Crippen molar-refractivity contribution in [3.8, 4) is 0 Å². The zero-order chi connectivity index (χ0) is 15.1. The molecule has 0 heterocycles. The number of hydrogen-bond donors (Lipinski definition) is 2. The van der Waals surface area contributed by atoms with Crippen LogP contribution in [-0.4, -0.2) is 22.6 Å². The highest BCUT2D eigenvalue weighted by Crippen LogP contribution is 2.17. The summed E-state index contributed by atoms with van der Waals surface area (Å²) in [6, 6.07) is 6.38. The number of hydrogen-bond acceptors (Lipinski definition) is 4. The first kappa shape index (κ1) is 16.6. The third kappa shape index (κ3) is 5.27. The predicted molar refractivity (Wildman–Crippen MR) is 79.6 cm³/mol. The van der Waals surface area contributed by atoms with Crippen LogP contribution in [0, 0.1) is 16.0 Å². The van der Waals surface area contributed by atoms with Crippen LogP contribution >= 0.6 is 0 Å². The lowest BCUT2D eigenvalue weighted by Crippen LogP contribution is -2.31. The Kier molecular flexibility index (Phi) is 6.61. The van der Waals surface area contributed by atoms with E-state index in [-0.39, 0.29) is 5.69 Å². The number of nitrogens with zero attached hydrogens (tertiary/aromatic N) is 1. The lowest BCUT2D eigenvalue weighted by atomic mass is 10.00. The fraction of sp³-hybridized carbons (Fsp3) is 0.600. The first-order chi connectivity index (χ1) is 9.43. The van der Waals surface area contributed by atoms with Gasteiger partial charge in [0.15, 0.2) is 0 Å². The van der Waals surface area contributed by atoms with Gasteiger partial charge in [0.25, 0.3) is 5.69 Å². The molecular formula is C15H24N2O3. The highest BCUT2D eigenvalue weighted by atomic mass is 16.6. The lowest BCUT2D eigenvalue weighted by molar-refractivity contribution is -0.384. The summed E-state index contributed by atoms with van der Waals surface area (Å²) in [6.45, 7) is 6.94. The van der Waals surface area contributed by atoms with Crippen LogP contribution in [0.1, 0.15) is 45.3 Å². The van der Waals surface area contributed by atoms with Crippen LogP contribution in [0.4, 0.5) is 5.69 Å². The van der Waals surface area contributed by atoms with Crippen molar-refractivity contribution < 1.29 is 10.0 Å². The van der Waals surface area contributed by atoms with Gasteiger partial charge in [-0.2, -0.15) is 0 Å². The Hall–Kier alpha value is -1.46. The second kappa shape index (κ2) is 7.97. The molecule has 3 unspecified atom stereocenters. The topological polar surface area (TPSA) is 75.4 Å². The molecule has 3 atom stereocenters. The van der Waals surface area contributed by atoms with Gasteiger partial charge in [0.1, 0.15) is 0 Å². The number of nitro groups is 1. The first-order valence-corrected chi connectivity index (χ1v) is 7.09. The van der Waals surface area contributed by atoms with Crippen molar-refractivity contribution in [1.82, 2.24) is 5.32 Å². The average Bonchev–Trinajstić information content (AvgIpc) is 2.44. The number of rotatable bonds is 8. The minimum atomic E-state index is -0.643. The average molecular weight is 280 g/mol. The quantitative estimate of drug-likeness (QED) is 0.567. The van der Waals surface area contributed by atoms with Crippen molar-refractivity contribution in [2.75, 3.05) is 6.54 Å². The summed E-state index contributed by atoms with van der Waals surface area (Å²) in [5.74, 6) is 0.661. The maximum absolute atomic E-state index is 10.6. The third-order valence-electron chi connectivity index (χ3n) is 3.60. The summed E-state index contributed by atoms with van der Waals surface area (Å²) in [6.07, 6.45) is 1.58. The highest BCUT2D eigenvalue weighted by molar-refractivity contribution is 5.33. The number of aliphatic hydroxyl groups excluding tert-OH is 1. The van der Waals surface area contributed by atoms with Crippen molar-refractivity contribution in [1.29, 1.82) is 0 Å². The Labute approximate surface area is 120 Å². The van der Waals surface area contributed by atoms with Crippen LogP contribution in [0.2, 0.25) is 0 Å². The van der Waals surface area contributed by atoms with Crippen molar-refractivity contribution in [2.45, 2.75) is 45.8 Å². The molecule has 1 aromatic rings. The molecule has 20 heavy (non-hydrogen) atoms. The van der Waals surface area contributed by atoms with Crippen LogP contribution in [0.5, 0.6) is 0 Å².